The second-order valence-corrected chi connectivity index (χ2v) is 5.74. The van der Waals surface area contributed by atoms with Gasteiger partial charge in [-0.15, -0.1) is 0 Å². The number of rotatable bonds is 8. The molecule has 0 aliphatic carbocycles. The molecule has 0 amide bonds. The van der Waals surface area contributed by atoms with Gasteiger partial charge < -0.3 is 5.32 Å². The van der Waals surface area contributed by atoms with Crippen LogP contribution in [0.4, 0.5) is 0 Å². The number of hydrogen-bond donors (Lipinski definition) is 1. The maximum Gasteiger partial charge on any atom is 0.0988 e. The Morgan fingerprint density at radius 1 is 1.20 bits per heavy atom. The molecule has 0 fully saturated rings. The predicted octanol–water partition coefficient (Wildman–Crippen LogP) is 4.69. The van der Waals surface area contributed by atoms with E-state index >= 15 is 0 Å². The Bertz CT molecular complexity index is 432. The minimum Gasteiger partial charge on any atom is -0.376 e. The lowest BCUT2D eigenvalue weighted by molar-refractivity contribution is 0.628. The number of thiocarbonyl (C=S) groups is 1. The average Bonchev–Trinajstić information content (AvgIpc) is 2.45. The topological polar surface area (TPSA) is 12.0 Å². The largest absolute Gasteiger partial charge is 0.376 e. The van der Waals surface area contributed by atoms with Crippen LogP contribution < -0.4 is 5.32 Å². The molecule has 1 aromatic rings. The molecular weight excluding hydrogens is 262 g/mol. The molecule has 0 aliphatic rings. The van der Waals surface area contributed by atoms with Gasteiger partial charge in [0.05, 0.1) is 4.99 Å². The summed E-state index contributed by atoms with van der Waals surface area (Å²) in [6, 6.07) is 10.6. The van der Waals surface area contributed by atoms with Crippen LogP contribution in [0.15, 0.2) is 54.6 Å². The number of benzene rings is 1. The Morgan fingerprint density at radius 2 is 1.95 bits per heavy atom. The van der Waals surface area contributed by atoms with Gasteiger partial charge in [-0.2, -0.15) is 0 Å². The SMILES string of the molecule is CC(C)CNC(=S)/C=C/C=C/CCCc1ccccc1. The molecule has 0 radical (unpaired) electrons. The Hall–Kier alpha value is -1.41. The van der Waals surface area contributed by atoms with Crippen LogP contribution >= 0.6 is 12.2 Å². The summed E-state index contributed by atoms with van der Waals surface area (Å²) in [7, 11) is 0. The maximum absolute atomic E-state index is 5.21. The fourth-order valence-electron chi connectivity index (χ4n) is 1.75. The van der Waals surface area contributed by atoms with Crippen LogP contribution in [0.3, 0.4) is 0 Å². The van der Waals surface area contributed by atoms with Crippen molar-refractivity contribution in [1.82, 2.24) is 5.32 Å². The summed E-state index contributed by atoms with van der Waals surface area (Å²) in [4.78, 5) is 0.813. The van der Waals surface area contributed by atoms with Crippen molar-refractivity contribution in [3.05, 3.63) is 60.2 Å². The smallest absolute Gasteiger partial charge is 0.0988 e. The highest BCUT2D eigenvalue weighted by molar-refractivity contribution is 7.80. The van der Waals surface area contributed by atoms with Crippen LogP contribution in [0.1, 0.15) is 32.3 Å². The molecule has 0 spiro atoms. The summed E-state index contributed by atoms with van der Waals surface area (Å²) in [6.07, 6.45) is 11.7. The number of nitrogens with one attached hydrogen (secondary N) is 1. The molecule has 1 rings (SSSR count). The number of allylic oxidation sites excluding steroid dienone is 3. The lowest BCUT2D eigenvalue weighted by atomic mass is 10.1. The van der Waals surface area contributed by atoms with E-state index in [1.165, 1.54) is 12.0 Å². The Balaban J connectivity index is 2.11. The Labute approximate surface area is 128 Å². The van der Waals surface area contributed by atoms with Gasteiger partial charge in [-0.05, 0) is 36.8 Å². The number of aryl methyl sites for hydroxylation is 1. The molecule has 0 aliphatic heterocycles. The van der Waals surface area contributed by atoms with Crippen molar-refractivity contribution < 1.29 is 0 Å². The second kappa shape index (κ2) is 10.4. The third-order valence-corrected chi connectivity index (χ3v) is 3.14. The van der Waals surface area contributed by atoms with E-state index in [4.69, 9.17) is 12.2 Å². The lowest BCUT2D eigenvalue weighted by Crippen LogP contribution is -2.23. The summed E-state index contributed by atoms with van der Waals surface area (Å²) in [6.45, 7) is 5.28. The molecular formula is C18H25NS. The standard InChI is InChI=1S/C18H25NS/c1-16(2)15-19-18(20)14-10-5-3-4-7-11-17-12-8-6-9-13-17/h3,5-6,8-10,12-14,16H,4,7,11,15H2,1-2H3,(H,19,20)/b5-3+,14-10+. The van der Waals surface area contributed by atoms with Crippen molar-refractivity contribution in [3.8, 4) is 0 Å². The van der Waals surface area contributed by atoms with Crippen LogP contribution in [0.25, 0.3) is 0 Å². The summed E-state index contributed by atoms with van der Waals surface area (Å²) in [5, 5.41) is 3.22. The molecule has 1 N–H and O–H groups in total. The molecule has 2 heteroatoms. The van der Waals surface area contributed by atoms with Gasteiger partial charge in [0.25, 0.3) is 0 Å². The molecule has 20 heavy (non-hydrogen) atoms. The molecule has 0 saturated heterocycles. The van der Waals surface area contributed by atoms with E-state index in [0.29, 0.717) is 5.92 Å². The van der Waals surface area contributed by atoms with Gasteiger partial charge in [0.2, 0.25) is 0 Å². The summed E-state index contributed by atoms with van der Waals surface area (Å²) < 4.78 is 0. The molecule has 108 valence electrons. The van der Waals surface area contributed by atoms with Crippen molar-refractivity contribution in [2.24, 2.45) is 5.92 Å². The van der Waals surface area contributed by atoms with Crippen molar-refractivity contribution in [1.29, 1.82) is 0 Å². The molecule has 0 saturated carbocycles. The molecule has 0 atom stereocenters. The van der Waals surface area contributed by atoms with Gasteiger partial charge in [-0.1, -0.05) is 74.6 Å². The van der Waals surface area contributed by atoms with E-state index < -0.39 is 0 Å². The minimum absolute atomic E-state index is 0.620. The van der Waals surface area contributed by atoms with E-state index in [9.17, 15) is 0 Å². The van der Waals surface area contributed by atoms with Gasteiger partial charge in [0.1, 0.15) is 0 Å². The fraction of sp³-hybridized carbons (Fsp3) is 0.389. The van der Waals surface area contributed by atoms with Crippen molar-refractivity contribution >= 4 is 17.2 Å². The fourth-order valence-corrected chi connectivity index (χ4v) is 1.91. The van der Waals surface area contributed by atoms with E-state index in [1.54, 1.807) is 0 Å². The summed E-state index contributed by atoms with van der Waals surface area (Å²) in [5.41, 5.74) is 1.41. The second-order valence-electron chi connectivity index (χ2n) is 5.30. The Kier molecular flexibility index (Phi) is 8.64. The van der Waals surface area contributed by atoms with Gasteiger partial charge in [0, 0.05) is 6.54 Å². The zero-order valence-corrected chi connectivity index (χ0v) is 13.3. The molecule has 1 nitrogen and oxygen atoms in total. The zero-order chi connectivity index (χ0) is 14.6. The molecule has 0 aromatic heterocycles. The van der Waals surface area contributed by atoms with E-state index in [1.807, 2.05) is 12.2 Å². The minimum atomic E-state index is 0.620. The molecule has 0 unspecified atom stereocenters. The van der Waals surface area contributed by atoms with Crippen LogP contribution in [-0.4, -0.2) is 11.5 Å². The molecule has 0 bridgehead atoms. The van der Waals surface area contributed by atoms with Crippen molar-refractivity contribution in [2.45, 2.75) is 33.1 Å². The number of hydrogen-bond acceptors (Lipinski definition) is 1. The van der Waals surface area contributed by atoms with Crippen molar-refractivity contribution in [3.63, 3.8) is 0 Å². The highest BCUT2D eigenvalue weighted by atomic mass is 32.1. The Morgan fingerprint density at radius 3 is 2.65 bits per heavy atom. The van der Waals surface area contributed by atoms with E-state index in [2.05, 4.69) is 61.6 Å². The third kappa shape index (κ3) is 8.65. The van der Waals surface area contributed by atoms with Crippen LogP contribution in [0.2, 0.25) is 0 Å². The van der Waals surface area contributed by atoms with Gasteiger partial charge in [-0.25, -0.2) is 0 Å². The van der Waals surface area contributed by atoms with E-state index in [-0.39, 0.29) is 0 Å². The third-order valence-electron chi connectivity index (χ3n) is 2.86. The summed E-state index contributed by atoms with van der Waals surface area (Å²) in [5.74, 6) is 0.620. The first-order valence-electron chi connectivity index (χ1n) is 7.33. The van der Waals surface area contributed by atoms with Gasteiger partial charge >= 0.3 is 0 Å². The van der Waals surface area contributed by atoms with Crippen LogP contribution in [0, 0.1) is 5.92 Å². The monoisotopic (exact) mass is 287 g/mol. The van der Waals surface area contributed by atoms with E-state index in [0.717, 1.165) is 24.4 Å². The highest BCUT2D eigenvalue weighted by Gasteiger charge is 1.93. The number of unbranched alkanes of at least 4 members (excludes halogenated alkanes) is 1. The normalized spacial score (nSPS) is 11.6. The molecule has 1 aromatic carbocycles. The van der Waals surface area contributed by atoms with Gasteiger partial charge in [0.15, 0.2) is 0 Å². The molecule has 0 heterocycles. The summed E-state index contributed by atoms with van der Waals surface area (Å²) >= 11 is 5.21. The zero-order valence-electron chi connectivity index (χ0n) is 12.5. The predicted molar refractivity (Wildman–Crippen MR) is 93.1 cm³/mol. The van der Waals surface area contributed by atoms with Crippen LogP contribution in [-0.2, 0) is 6.42 Å². The van der Waals surface area contributed by atoms with Crippen LogP contribution in [0.5, 0.6) is 0 Å². The highest BCUT2D eigenvalue weighted by Crippen LogP contribution is 2.04. The van der Waals surface area contributed by atoms with Crippen molar-refractivity contribution in [2.75, 3.05) is 6.54 Å². The first-order valence-corrected chi connectivity index (χ1v) is 7.74. The average molecular weight is 287 g/mol. The first-order chi connectivity index (χ1) is 9.68. The first kappa shape index (κ1) is 16.6. The lowest BCUT2D eigenvalue weighted by Gasteiger charge is -2.06. The van der Waals surface area contributed by atoms with Gasteiger partial charge in [-0.3, -0.25) is 0 Å². The maximum atomic E-state index is 5.21. The quantitative estimate of drug-likeness (QED) is 0.322.